The summed E-state index contributed by atoms with van der Waals surface area (Å²) < 4.78 is 14.9. The number of amides is 1. The second-order valence-corrected chi connectivity index (χ2v) is 5.64. The summed E-state index contributed by atoms with van der Waals surface area (Å²) in [5.74, 6) is -0.473. The maximum atomic E-state index is 13.5. The lowest BCUT2D eigenvalue weighted by atomic mass is 10.0. The summed E-state index contributed by atoms with van der Waals surface area (Å²) in [5, 5.41) is 3.24. The standard InChI is InChI=1S/C17H18FN3O2.ClH/c1-20-11-13(5-6-16(20)22)17(23)21-8-7-19-10-15(21)12-3-2-4-14(18)9-12;/h2-6,9,11,15,19H,7-8,10H2,1H3;1H. The maximum absolute atomic E-state index is 13.5. The summed E-state index contributed by atoms with van der Waals surface area (Å²) >= 11 is 0. The first-order chi connectivity index (χ1) is 11.1. The zero-order valence-corrected chi connectivity index (χ0v) is 14.1. The van der Waals surface area contributed by atoms with Crippen LogP contribution in [0.4, 0.5) is 4.39 Å². The lowest BCUT2D eigenvalue weighted by Gasteiger charge is -2.36. The van der Waals surface area contributed by atoms with Gasteiger partial charge in [-0.3, -0.25) is 9.59 Å². The Hall–Kier alpha value is -2.18. The molecule has 2 heterocycles. The fraction of sp³-hybridized carbons (Fsp3) is 0.294. The van der Waals surface area contributed by atoms with E-state index in [0.717, 1.165) is 5.56 Å². The molecule has 0 radical (unpaired) electrons. The van der Waals surface area contributed by atoms with E-state index in [-0.39, 0.29) is 35.7 Å². The highest BCUT2D eigenvalue weighted by molar-refractivity contribution is 5.94. The zero-order valence-electron chi connectivity index (χ0n) is 13.2. The van der Waals surface area contributed by atoms with Gasteiger partial charge in [-0.15, -0.1) is 12.4 Å². The van der Waals surface area contributed by atoms with E-state index in [1.165, 1.54) is 35.0 Å². The van der Waals surface area contributed by atoms with Crippen molar-refractivity contribution in [3.05, 3.63) is 69.9 Å². The summed E-state index contributed by atoms with van der Waals surface area (Å²) in [6, 6.07) is 9.00. The third-order valence-electron chi connectivity index (χ3n) is 4.07. The minimum absolute atomic E-state index is 0. The Morgan fingerprint density at radius 2 is 2.08 bits per heavy atom. The van der Waals surface area contributed by atoms with Crippen LogP contribution in [0.1, 0.15) is 22.0 Å². The molecule has 1 aromatic heterocycles. The average Bonchev–Trinajstić information content (AvgIpc) is 2.57. The SMILES string of the molecule is Cl.Cn1cc(C(=O)N2CCNCC2c2cccc(F)c2)ccc1=O. The lowest BCUT2D eigenvalue weighted by molar-refractivity contribution is 0.0633. The number of aromatic nitrogens is 1. The third kappa shape index (κ3) is 3.66. The number of hydrogen-bond acceptors (Lipinski definition) is 3. The van der Waals surface area contributed by atoms with Gasteiger partial charge in [0.2, 0.25) is 5.56 Å². The number of halogens is 2. The number of nitrogens with zero attached hydrogens (tertiary/aromatic N) is 2. The van der Waals surface area contributed by atoms with Crippen molar-refractivity contribution >= 4 is 18.3 Å². The first-order valence-electron chi connectivity index (χ1n) is 7.50. The van der Waals surface area contributed by atoms with E-state index in [4.69, 9.17) is 0 Å². The van der Waals surface area contributed by atoms with Gasteiger partial charge in [-0.25, -0.2) is 4.39 Å². The van der Waals surface area contributed by atoms with Gasteiger partial charge < -0.3 is 14.8 Å². The summed E-state index contributed by atoms with van der Waals surface area (Å²) in [6.45, 7) is 1.78. The number of benzene rings is 1. The molecule has 1 atom stereocenters. The van der Waals surface area contributed by atoms with Crippen LogP contribution in [-0.2, 0) is 7.05 Å². The van der Waals surface area contributed by atoms with E-state index in [1.807, 2.05) is 6.07 Å². The molecule has 0 bridgehead atoms. The number of carbonyl (C=O) groups excluding carboxylic acids is 1. The molecule has 0 aliphatic carbocycles. The van der Waals surface area contributed by atoms with Gasteiger partial charge in [0, 0.05) is 38.9 Å². The van der Waals surface area contributed by atoms with Gasteiger partial charge >= 0.3 is 0 Å². The number of pyridine rings is 1. The molecule has 1 aliphatic rings. The molecule has 1 aliphatic heterocycles. The fourth-order valence-corrected chi connectivity index (χ4v) is 2.85. The van der Waals surface area contributed by atoms with Crippen LogP contribution in [0.2, 0.25) is 0 Å². The van der Waals surface area contributed by atoms with Gasteiger partial charge in [-0.1, -0.05) is 12.1 Å². The molecule has 3 rings (SSSR count). The number of nitrogens with one attached hydrogen (secondary N) is 1. The molecule has 1 saturated heterocycles. The highest BCUT2D eigenvalue weighted by Crippen LogP contribution is 2.24. The number of aryl methyl sites for hydroxylation is 1. The van der Waals surface area contributed by atoms with Crippen molar-refractivity contribution in [1.29, 1.82) is 0 Å². The molecule has 1 amide bonds. The van der Waals surface area contributed by atoms with E-state index in [1.54, 1.807) is 18.0 Å². The largest absolute Gasteiger partial charge is 0.329 e. The summed E-state index contributed by atoms with van der Waals surface area (Å²) in [4.78, 5) is 26.0. The molecular formula is C17H19ClFN3O2. The van der Waals surface area contributed by atoms with Crippen molar-refractivity contribution in [2.75, 3.05) is 19.6 Å². The Morgan fingerprint density at radius 1 is 1.29 bits per heavy atom. The number of piperazine rings is 1. The Labute approximate surface area is 145 Å². The van der Waals surface area contributed by atoms with Crippen LogP contribution in [-0.4, -0.2) is 35.0 Å². The summed E-state index contributed by atoms with van der Waals surface area (Å²) in [6.07, 6.45) is 1.54. The summed E-state index contributed by atoms with van der Waals surface area (Å²) in [5.41, 5.74) is 1.05. The molecule has 128 valence electrons. The molecular weight excluding hydrogens is 333 g/mol. The summed E-state index contributed by atoms with van der Waals surface area (Å²) in [7, 11) is 1.61. The molecule has 1 fully saturated rings. The second kappa shape index (κ2) is 7.59. The van der Waals surface area contributed by atoms with Gasteiger partial charge in [0.1, 0.15) is 5.82 Å². The molecule has 1 unspecified atom stereocenters. The topological polar surface area (TPSA) is 54.3 Å². The first kappa shape index (κ1) is 18.2. The Kier molecular flexibility index (Phi) is 5.75. The van der Waals surface area contributed by atoms with Gasteiger partial charge in [0.05, 0.1) is 11.6 Å². The number of hydrogen-bond donors (Lipinski definition) is 1. The normalized spacial score (nSPS) is 17.2. The van der Waals surface area contributed by atoms with Crippen molar-refractivity contribution in [1.82, 2.24) is 14.8 Å². The monoisotopic (exact) mass is 351 g/mol. The first-order valence-corrected chi connectivity index (χ1v) is 7.50. The van der Waals surface area contributed by atoms with Gasteiger partial charge in [0.25, 0.3) is 5.91 Å². The molecule has 7 heteroatoms. The second-order valence-electron chi connectivity index (χ2n) is 5.64. The van der Waals surface area contributed by atoms with Crippen molar-refractivity contribution < 1.29 is 9.18 Å². The Balaban J connectivity index is 0.00000208. The average molecular weight is 352 g/mol. The minimum Gasteiger partial charge on any atom is -0.329 e. The molecule has 1 aromatic carbocycles. The predicted molar refractivity (Wildman–Crippen MR) is 92.0 cm³/mol. The lowest BCUT2D eigenvalue weighted by Crippen LogP contribution is -2.48. The van der Waals surface area contributed by atoms with Crippen LogP contribution >= 0.6 is 12.4 Å². The number of rotatable bonds is 2. The minimum atomic E-state index is -0.317. The van der Waals surface area contributed by atoms with Gasteiger partial charge in [-0.2, -0.15) is 0 Å². The maximum Gasteiger partial charge on any atom is 0.255 e. The van der Waals surface area contributed by atoms with Crippen LogP contribution < -0.4 is 10.9 Å². The van der Waals surface area contributed by atoms with Crippen molar-refractivity contribution in [2.45, 2.75) is 6.04 Å². The number of carbonyl (C=O) groups is 1. The molecule has 0 spiro atoms. The molecule has 2 aromatic rings. The highest BCUT2D eigenvalue weighted by atomic mass is 35.5. The molecule has 0 saturated carbocycles. The van der Waals surface area contributed by atoms with Crippen LogP contribution in [0.3, 0.4) is 0 Å². The van der Waals surface area contributed by atoms with E-state index in [2.05, 4.69) is 5.32 Å². The zero-order chi connectivity index (χ0) is 16.4. The molecule has 1 N–H and O–H groups in total. The molecule has 24 heavy (non-hydrogen) atoms. The van der Waals surface area contributed by atoms with Gasteiger partial charge in [0.15, 0.2) is 0 Å². The van der Waals surface area contributed by atoms with Crippen molar-refractivity contribution in [3.63, 3.8) is 0 Å². The van der Waals surface area contributed by atoms with Crippen LogP contribution in [0.15, 0.2) is 47.4 Å². The Bertz CT molecular complexity index is 793. The Morgan fingerprint density at radius 3 is 2.79 bits per heavy atom. The highest BCUT2D eigenvalue weighted by Gasteiger charge is 2.29. The van der Waals surface area contributed by atoms with E-state index in [9.17, 15) is 14.0 Å². The van der Waals surface area contributed by atoms with Crippen LogP contribution in [0, 0.1) is 5.82 Å². The van der Waals surface area contributed by atoms with Gasteiger partial charge in [-0.05, 0) is 23.8 Å². The van der Waals surface area contributed by atoms with E-state index in [0.29, 0.717) is 25.2 Å². The van der Waals surface area contributed by atoms with E-state index < -0.39 is 0 Å². The van der Waals surface area contributed by atoms with Crippen LogP contribution in [0.5, 0.6) is 0 Å². The molecule has 5 nitrogen and oxygen atoms in total. The van der Waals surface area contributed by atoms with Crippen molar-refractivity contribution in [2.24, 2.45) is 7.05 Å². The van der Waals surface area contributed by atoms with Crippen LogP contribution in [0.25, 0.3) is 0 Å². The fourth-order valence-electron chi connectivity index (χ4n) is 2.85. The van der Waals surface area contributed by atoms with Crippen molar-refractivity contribution in [3.8, 4) is 0 Å². The smallest absolute Gasteiger partial charge is 0.255 e. The van der Waals surface area contributed by atoms with E-state index >= 15 is 0 Å². The quantitative estimate of drug-likeness (QED) is 0.896. The predicted octanol–water partition coefficient (Wildman–Crippen LogP) is 1.73. The third-order valence-corrected chi connectivity index (χ3v) is 4.07.